The van der Waals surface area contributed by atoms with Crippen LogP contribution in [0.2, 0.25) is 0 Å². The van der Waals surface area contributed by atoms with Crippen molar-refractivity contribution in [3.63, 3.8) is 0 Å². The zero-order valence-corrected chi connectivity index (χ0v) is 16.1. The molecule has 3 aromatic rings. The number of aromatic nitrogens is 1. The van der Waals surface area contributed by atoms with Gasteiger partial charge in [-0.2, -0.15) is 0 Å². The van der Waals surface area contributed by atoms with Crippen LogP contribution in [0.25, 0.3) is 10.2 Å². The molecule has 0 saturated heterocycles. The molecule has 0 atom stereocenters. The number of anilines is 2. The Morgan fingerprint density at radius 3 is 2.81 bits per heavy atom. The Morgan fingerprint density at radius 1 is 1.26 bits per heavy atom. The summed E-state index contributed by atoms with van der Waals surface area (Å²) < 4.78 is 6.82. The molecule has 138 valence electrons. The maximum absolute atomic E-state index is 12.6. The van der Waals surface area contributed by atoms with Crippen LogP contribution in [0.5, 0.6) is 5.75 Å². The van der Waals surface area contributed by atoms with Gasteiger partial charge in [-0.05, 0) is 38.1 Å². The van der Waals surface area contributed by atoms with Crippen LogP contribution in [0.4, 0.5) is 11.4 Å². The number of hydrogen-bond acceptors (Lipinski definition) is 5. The Bertz CT molecular complexity index is 1020. The number of nitrogens with zero attached hydrogens (tertiary/aromatic N) is 2. The van der Waals surface area contributed by atoms with Crippen molar-refractivity contribution in [2.24, 2.45) is 5.41 Å². The lowest BCUT2D eigenvalue weighted by Gasteiger charge is -2.24. The molecule has 2 aromatic carbocycles. The molecular weight excluding hydrogens is 362 g/mol. The first-order valence-corrected chi connectivity index (χ1v) is 9.39. The lowest BCUT2D eigenvalue weighted by molar-refractivity contribution is -0.127. The molecule has 1 aliphatic rings. The molecule has 0 saturated carbocycles. The molecule has 0 fully saturated rings. The standard InChI is InChI=1S/C20H19N3O3S/c1-20(2)11-26-15-10-12(8-9-14(15)23(3)19(20)25)21-17(24)18-22-13-6-4-5-7-16(13)27-18/h4-10H,11H2,1-3H3,(H,21,24). The van der Waals surface area contributed by atoms with Crippen LogP contribution >= 0.6 is 11.3 Å². The summed E-state index contributed by atoms with van der Waals surface area (Å²) in [7, 11) is 1.73. The average molecular weight is 381 g/mol. The molecule has 7 heteroatoms. The normalized spacial score (nSPS) is 15.8. The molecule has 0 bridgehead atoms. The third kappa shape index (κ3) is 3.14. The number of thiazole rings is 1. The SMILES string of the molecule is CN1C(=O)C(C)(C)COc2cc(NC(=O)c3nc4ccccc4s3)ccc21. The van der Waals surface area contributed by atoms with E-state index in [-0.39, 0.29) is 18.4 Å². The van der Waals surface area contributed by atoms with Crippen molar-refractivity contribution < 1.29 is 14.3 Å². The van der Waals surface area contributed by atoms with Crippen LogP contribution < -0.4 is 15.0 Å². The predicted octanol–water partition coefficient (Wildman–Crippen LogP) is 3.93. The van der Waals surface area contributed by atoms with Gasteiger partial charge in [-0.1, -0.05) is 12.1 Å². The number of fused-ring (bicyclic) bond motifs is 2. The summed E-state index contributed by atoms with van der Waals surface area (Å²) in [6.07, 6.45) is 0. The molecule has 0 spiro atoms. The van der Waals surface area contributed by atoms with Crippen molar-refractivity contribution in [3.8, 4) is 5.75 Å². The zero-order chi connectivity index (χ0) is 19.2. The van der Waals surface area contributed by atoms with E-state index in [1.165, 1.54) is 11.3 Å². The highest BCUT2D eigenvalue weighted by atomic mass is 32.1. The summed E-state index contributed by atoms with van der Waals surface area (Å²) in [5.41, 5.74) is 1.47. The van der Waals surface area contributed by atoms with Gasteiger partial charge in [-0.3, -0.25) is 9.59 Å². The van der Waals surface area contributed by atoms with Gasteiger partial charge in [-0.25, -0.2) is 4.98 Å². The lowest BCUT2D eigenvalue weighted by Crippen LogP contribution is -2.39. The van der Waals surface area contributed by atoms with E-state index in [4.69, 9.17) is 4.74 Å². The van der Waals surface area contributed by atoms with Gasteiger partial charge in [0.25, 0.3) is 5.91 Å². The van der Waals surface area contributed by atoms with Gasteiger partial charge in [0.15, 0.2) is 5.01 Å². The topological polar surface area (TPSA) is 71.5 Å². The van der Waals surface area contributed by atoms with Crippen molar-refractivity contribution in [1.82, 2.24) is 4.98 Å². The highest BCUT2D eigenvalue weighted by Crippen LogP contribution is 2.37. The van der Waals surface area contributed by atoms with Gasteiger partial charge in [-0.15, -0.1) is 11.3 Å². The summed E-state index contributed by atoms with van der Waals surface area (Å²) in [6, 6.07) is 12.9. The Hall–Kier alpha value is -2.93. The molecular formula is C20H19N3O3S. The summed E-state index contributed by atoms with van der Waals surface area (Å²) in [5.74, 6) is 0.292. The highest BCUT2D eigenvalue weighted by Gasteiger charge is 2.36. The first-order valence-electron chi connectivity index (χ1n) is 8.57. The quantitative estimate of drug-likeness (QED) is 0.730. The van der Waals surface area contributed by atoms with E-state index in [0.717, 1.165) is 10.2 Å². The van der Waals surface area contributed by atoms with Crippen LogP contribution in [-0.2, 0) is 4.79 Å². The Morgan fingerprint density at radius 2 is 2.04 bits per heavy atom. The van der Waals surface area contributed by atoms with E-state index in [1.54, 1.807) is 30.1 Å². The summed E-state index contributed by atoms with van der Waals surface area (Å²) in [4.78, 5) is 31.1. The lowest BCUT2D eigenvalue weighted by atomic mass is 9.93. The minimum atomic E-state index is -0.613. The van der Waals surface area contributed by atoms with Gasteiger partial charge in [0.05, 0.1) is 21.3 Å². The molecule has 4 rings (SSSR count). The molecule has 27 heavy (non-hydrogen) atoms. The van der Waals surface area contributed by atoms with Gasteiger partial charge >= 0.3 is 0 Å². The van der Waals surface area contributed by atoms with Gasteiger partial charge in [0, 0.05) is 18.8 Å². The average Bonchev–Trinajstić information content (AvgIpc) is 3.06. The molecule has 0 radical (unpaired) electrons. The van der Waals surface area contributed by atoms with Crippen molar-refractivity contribution >= 4 is 44.7 Å². The van der Waals surface area contributed by atoms with Crippen molar-refractivity contribution in [2.75, 3.05) is 23.9 Å². The second-order valence-corrected chi connectivity index (χ2v) is 8.19. The largest absolute Gasteiger partial charge is 0.490 e. The number of rotatable bonds is 2. The fourth-order valence-corrected chi connectivity index (χ4v) is 3.88. The molecule has 0 unspecified atom stereocenters. The number of amides is 2. The number of hydrogen-bond donors (Lipinski definition) is 1. The van der Waals surface area contributed by atoms with Crippen molar-refractivity contribution in [1.29, 1.82) is 0 Å². The van der Waals surface area contributed by atoms with Crippen molar-refractivity contribution in [2.45, 2.75) is 13.8 Å². The molecule has 1 aliphatic heterocycles. The predicted molar refractivity (Wildman–Crippen MR) is 107 cm³/mol. The van der Waals surface area contributed by atoms with E-state index in [9.17, 15) is 9.59 Å². The van der Waals surface area contributed by atoms with Crippen molar-refractivity contribution in [3.05, 3.63) is 47.5 Å². The summed E-state index contributed by atoms with van der Waals surface area (Å²) in [5, 5.41) is 3.27. The maximum Gasteiger partial charge on any atom is 0.284 e. The fourth-order valence-electron chi connectivity index (χ4n) is 3.02. The third-order valence-electron chi connectivity index (χ3n) is 4.54. The Labute approximate surface area is 160 Å². The van der Waals surface area contributed by atoms with E-state index in [0.29, 0.717) is 22.1 Å². The molecule has 2 amide bonds. The monoisotopic (exact) mass is 381 g/mol. The Kier molecular flexibility index (Phi) is 4.11. The number of carbonyl (C=O) groups excluding carboxylic acids is 2. The number of benzene rings is 2. The third-order valence-corrected chi connectivity index (χ3v) is 5.57. The molecule has 1 aromatic heterocycles. The minimum Gasteiger partial charge on any atom is -0.490 e. The van der Waals surface area contributed by atoms with E-state index in [1.807, 2.05) is 38.1 Å². The maximum atomic E-state index is 12.6. The fraction of sp³-hybridized carbons (Fsp3) is 0.250. The molecule has 1 N–H and O–H groups in total. The molecule has 6 nitrogen and oxygen atoms in total. The number of carbonyl (C=O) groups is 2. The minimum absolute atomic E-state index is 0.00693. The second-order valence-electron chi connectivity index (χ2n) is 7.16. The first-order chi connectivity index (χ1) is 12.8. The molecule has 2 heterocycles. The number of nitrogens with one attached hydrogen (secondary N) is 1. The molecule has 0 aliphatic carbocycles. The van der Waals surface area contributed by atoms with E-state index >= 15 is 0 Å². The van der Waals surface area contributed by atoms with Crippen LogP contribution in [0, 0.1) is 5.41 Å². The summed E-state index contributed by atoms with van der Waals surface area (Å²) >= 11 is 1.35. The number of ether oxygens (including phenoxy) is 1. The number of para-hydroxylation sites is 1. The van der Waals surface area contributed by atoms with Crippen LogP contribution in [0.15, 0.2) is 42.5 Å². The second kappa shape index (κ2) is 6.35. The van der Waals surface area contributed by atoms with Gasteiger partial charge < -0.3 is 15.0 Å². The van der Waals surface area contributed by atoms with Gasteiger partial charge in [0.2, 0.25) is 5.91 Å². The summed E-state index contributed by atoms with van der Waals surface area (Å²) in [6.45, 7) is 3.99. The van der Waals surface area contributed by atoms with E-state index in [2.05, 4.69) is 10.3 Å². The Balaban J connectivity index is 1.60. The first kappa shape index (κ1) is 17.5. The zero-order valence-electron chi connectivity index (χ0n) is 15.3. The van der Waals surface area contributed by atoms with Crippen LogP contribution in [0.1, 0.15) is 23.6 Å². The van der Waals surface area contributed by atoms with Crippen LogP contribution in [0.3, 0.4) is 0 Å². The van der Waals surface area contributed by atoms with E-state index < -0.39 is 5.41 Å². The highest BCUT2D eigenvalue weighted by molar-refractivity contribution is 7.20. The smallest absolute Gasteiger partial charge is 0.284 e. The van der Waals surface area contributed by atoms with Crippen LogP contribution in [-0.4, -0.2) is 30.5 Å². The van der Waals surface area contributed by atoms with Gasteiger partial charge in [0.1, 0.15) is 12.4 Å².